The lowest BCUT2D eigenvalue weighted by Gasteiger charge is -2.08. The number of ether oxygens (including phenoxy) is 1. The number of fused-ring (bicyclic) bond motifs is 1. The van der Waals surface area contributed by atoms with Gasteiger partial charge in [0.2, 0.25) is 5.78 Å². The minimum atomic E-state index is -0.539. The molecular weight excluding hydrogens is 490 g/mol. The van der Waals surface area contributed by atoms with Crippen molar-refractivity contribution in [3.05, 3.63) is 95.7 Å². The molecule has 0 aliphatic heterocycles. The Balaban J connectivity index is 1.42. The lowest BCUT2D eigenvalue weighted by molar-refractivity contribution is -0.143. The van der Waals surface area contributed by atoms with Gasteiger partial charge in [0.15, 0.2) is 5.76 Å². The van der Waals surface area contributed by atoms with Gasteiger partial charge in [-0.2, -0.15) is 0 Å². The van der Waals surface area contributed by atoms with Gasteiger partial charge in [-0.25, -0.2) is 4.79 Å². The van der Waals surface area contributed by atoms with Gasteiger partial charge in [0.05, 0.1) is 18.7 Å². The quantitative estimate of drug-likeness (QED) is 0.0790. The summed E-state index contributed by atoms with van der Waals surface area (Å²) in [5.74, 6) is -0.735. The van der Waals surface area contributed by atoms with Gasteiger partial charge in [0, 0.05) is 34.1 Å². The summed E-state index contributed by atoms with van der Waals surface area (Å²) in [4.78, 5) is 42.6. The normalized spacial score (nSPS) is 11.4. The van der Waals surface area contributed by atoms with Crippen LogP contribution in [0.5, 0.6) is 0 Å². The predicted molar refractivity (Wildman–Crippen MR) is 141 cm³/mol. The lowest BCUT2D eigenvalue weighted by Crippen LogP contribution is -2.10. The van der Waals surface area contributed by atoms with Gasteiger partial charge in [0.1, 0.15) is 5.58 Å². The molecule has 1 aromatic heterocycles. The number of oxime groups is 1. The van der Waals surface area contributed by atoms with Crippen molar-refractivity contribution in [1.29, 1.82) is 0 Å². The van der Waals surface area contributed by atoms with Gasteiger partial charge < -0.3 is 14.0 Å². The SMILES string of the molecule is CCOC(=O)CCC(=NOC(C)=O)c1ccc(Sc2ccc(C(=O)c3cc4ccccc4o3)cc2)cc1. The number of carbonyl (C=O) groups excluding carboxylic acids is 3. The van der Waals surface area contributed by atoms with E-state index in [2.05, 4.69) is 5.16 Å². The molecule has 0 fully saturated rings. The van der Waals surface area contributed by atoms with E-state index in [1.165, 1.54) is 18.7 Å². The fourth-order valence-electron chi connectivity index (χ4n) is 3.58. The van der Waals surface area contributed by atoms with Crippen LogP contribution in [0.3, 0.4) is 0 Å². The molecule has 0 spiro atoms. The van der Waals surface area contributed by atoms with E-state index in [-0.39, 0.29) is 24.6 Å². The molecule has 1 heterocycles. The van der Waals surface area contributed by atoms with Crippen molar-refractivity contribution in [3.8, 4) is 0 Å². The molecule has 0 bridgehead atoms. The van der Waals surface area contributed by atoms with Crippen LogP contribution >= 0.6 is 11.8 Å². The maximum Gasteiger partial charge on any atom is 0.331 e. The summed E-state index contributed by atoms with van der Waals surface area (Å²) in [6.45, 7) is 3.31. The van der Waals surface area contributed by atoms with E-state index < -0.39 is 5.97 Å². The molecule has 7 nitrogen and oxygen atoms in total. The molecule has 4 rings (SSSR count). The number of benzene rings is 3. The predicted octanol–water partition coefficient (Wildman–Crippen LogP) is 6.43. The summed E-state index contributed by atoms with van der Waals surface area (Å²) in [6, 6.07) is 24.2. The zero-order valence-electron chi connectivity index (χ0n) is 20.4. The number of furan rings is 1. The second-order valence-corrected chi connectivity index (χ2v) is 9.20. The van der Waals surface area contributed by atoms with E-state index in [0.717, 1.165) is 20.7 Å². The Morgan fingerprint density at radius 3 is 2.14 bits per heavy atom. The largest absolute Gasteiger partial charge is 0.466 e. The molecule has 0 saturated heterocycles. The topological polar surface area (TPSA) is 95.2 Å². The fourth-order valence-corrected chi connectivity index (χ4v) is 4.39. The molecular formula is C29H25NO6S. The molecule has 4 aromatic rings. The van der Waals surface area contributed by atoms with Crippen molar-refractivity contribution < 1.29 is 28.4 Å². The molecule has 0 aliphatic rings. The Labute approximate surface area is 218 Å². The van der Waals surface area contributed by atoms with Crippen LogP contribution in [-0.2, 0) is 19.2 Å². The number of nitrogens with zero attached hydrogens (tertiary/aromatic N) is 1. The van der Waals surface area contributed by atoms with Gasteiger partial charge >= 0.3 is 11.9 Å². The van der Waals surface area contributed by atoms with Gasteiger partial charge in [0.25, 0.3) is 0 Å². The second kappa shape index (κ2) is 12.2. The van der Waals surface area contributed by atoms with E-state index in [1.54, 1.807) is 25.1 Å². The molecule has 0 saturated carbocycles. The summed E-state index contributed by atoms with van der Waals surface area (Å²) in [7, 11) is 0. The molecule has 0 radical (unpaired) electrons. The third-order valence-electron chi connectivity index (χ3n) is 5.34. The highest BCUT2D eigenvalue weighted by Gasteiger charge is 2.15. The number of rotatable bonds is 10. The first kappa shape index (κ1) is 25.9. The monoisotopic (exact) mass is 515 g/mol. The van der Waals surface area contributed by atoms with Crippen LogP contribution in [0.25, 0.3) is 11.0 Å². The number of hydrogen-bond acceptors (Lipinski definition) is 8. The number of esters is 1. The molecule has 0 N–H and O–H groups in total. The smallest absolute Gasteiger partial charge is 0.331 e. The first-order valence-electron chi connectivity index (χ1n) is 11.7. The van der Waals surface area contributed by atoms with Gasteiger partial charge in [-0.3, -0.25) is 9.59 Å². The Morgan fingerprint density at radius 2 is 1.51 bits per heavy atom. The Morgan fingerprint density at radius 1 is 0.865 bits per heavy atom. The molecule has 37 heavy (non-hydrogen) atoms. The molecule has 8 heteroatoms. The van der Waals surface area contributed by atoms with Gasteiger partial charge in [-0.15, -0.1) is 0 Å². The summed E-state index contributed by atoms with van der Waals surface area (Å²) in [5.41, 5.74) is 2.45. The van der Waals surface area contributed by atoms with Crippen LogP contribution in [-0.4, -0.2) is 30.0 Å². The second-order valence-electron chi connectivity index (χ2n) is 8.05. The highest BCUT2D eigenvalue weighted by Crippen LogP contribution is 2.29. The van der Waals surface area contributed by atoms with Crippen LogP contribution in [0, 0.1) is 0 Å². The van der Waals surface area contributed by atoms with Crippen molar-refractivity contribution in [2.75, 3.05) is 6.61 Å². The maximum absolute atomic E-state index is 12.8. The van der Waals surface area contributed by atoms with Gasteiger partial charge in [-0.05, 0) is 61.0 Å². The summed E-state index contributed by atoms with van der Waals surface area (Å²) < 4.78 is 10.7. The average molecular weight is 516 g/mol. The fraction of sp³-hybridized carbons (Fsp3) is 0.172. The highest BCUT2D eigenvalue weighted by molar-refractivity contribution is 7.99. The van der Waals surface area contributed by atoms with E-state index in [0.29, 0.717) is 29.2 Å². The number of carbonyl (C=O) groups is 3. The molecule has 0 amide bonds. The van der Waals surface area contributed by atoms with E-state index >= 15 is 0 Å². The van der Waals surface area contributed by atoms with Crippen LogP contribution in [0.15, 0.2) is 98.2 Å². The number of para-hydroxylation sites is 1. The Bertz CT molecular complexity index is 1400. The first-order chi connectivity index (χ1) is 17.9. The zero-order chi connectivity index (χ0) is 26.2. The molecule has 0 unspecified atom stereocenters. The first-order valence-corrected chi connectivity index (χ1v) is 12.6. The standard InChI is InChI=1S/C29H25NO6S/c1-3-34-28(32)17-16-25(30-36-19(2)31)20-8-12-23(13-9-20)37-24-14-10-21(11-15-24)29(33)27-18-22-6-4-5-7-26(22)35-27/h4-15,18H,3,16-17H2,1-2H3. The van der Waals surface area contributed by atoms with E-state index in [4.69, 9.17) is 14.0 Å². The zero-order valence-corrected chi connectivity index (χ0v) is 21.2. The van der Waals surface area contributed by atoms with Crippen molar-refractivity contribution in [1.82, 2.24) is 0 Å². The number of ketones is 1. The molecule has 188 valence electrons. The number of hydrogen-bond donors (Lipinski definition) is 0. The summed E-state index contributed by atoms with van der Waals surface area (Å²) >= 11 is 1.54. The minimum Gasteiger partial charge on any atom is -0.466 e. The molecule has 0 atom stereocenters. The van der Waals surface area contributed by atoms with Crippen LogP contribution in [0.2, 0.25) is 0 Å². The van der Waals surface area contributed by atoms with Crippen LogP contribution in [0.4, 0.5) is 0 Å². The van der Waals surface area contributed by atoms with Crippen molar-refractivity contribution in [3.63, 3.8) is 0 Å². The van der Waals surface area contributed by atoms with Crippen molar-refractivity contribution in [2.45, 2.75) is 36.5 Å². The summed E-state index contributed by atoms with van der Waals surface area (Å²) in [6.07, 6.45) is 0.406. The third kappa shape index (κ3) is 6.95. The maximum atomic E-state index is 12.8. The van der Waals surface area contributed by atoms with E-state index in [9.17, 15) is 14.4 Å². The average Bonchev–Trinajstić information content (AvgIpc) is 3.34. The van der Waals surface area contributed by atoms with Crippen LogP contribution in [0.1, 0.15) is 48.4 Å². The van der Waals surface area contributed by atoms with E-state index in [1.807, 2.05) is 60.7 Å². The highest BCUT2D eigenvalue weighted by atomic mass is 32.2. The van der Waals surface area contributed by atoms with Crippen LogP contribution < -0.4 is 0 Å². The minimum absolute atomic E-state index is 0.129. The summed E-state index contributed by atoms with van der Waals surface area (Å²) in [5, 5.41) is 4.81. The lowest BCUT2D eigenvalue weighted by atomic mass is 10.1. The van der Waals surface area contributed by atoms with Crippen molar-refractivity contribution in [2.24, 2.45) is 5.16 Å². The van der Waals surface area contributed by atoms with Gasteiger partial charge in [-0.1, -0.05) is 47.2 Å². The van der Waals surface area contributed by atoms with Crippen molar-refractivity contribution >= 4 is 46.2 Å². The molecule has 3 aromatic carbocycles. The third-order valence-corrected chi connectivity index (χ3v) is 6.36. The Kier molecular flexibility index (Phi) is 8.53. The Hall–Kier alpha value is -4.17. The molecule has 0 aliphatic carbocycles.